The van der Waals surface area contributed by atoms with E-state index in [-0.39, 0.29) is 7.25 Å². The minimum atomic E-state index is -5.14. The Labute approximate surface area is 389 Å². The summed E-state index contributed by atoms with van der Waals surface area (Å²) in [6.45, 7) is 14.4. The quantitative estimate of drug-likeness (QED) is 0.113. The van der Waals surface area contributed by atoms with Gasteiger partial charge in [-0.2, -0.15) is 0 Å². The molecule has 0 bridgehead atoms. The van der Waals surface area contributed by atoms with Crippen LogP contribution < -0.4 is 0 Å². The van der Waals surface area contributed by atoms with Gasteiger partial charge in [-0.15, -0.1) is 0 Å². The molecule has 0 saturated carbocycles. The van der Waals surface area contributed by atoms with Crippen LogP contribution in [0.1, 0.15) is 70.0 Å². The summed E-state index contributed by atoms with van der Waals surface area (Å²) in [5.41, 5.74) is 18.2. The van der Waals surface area contributed by atoms with Crippen molar-refractivity contribution in [2.45, 2.75) is 60.9 Å². The number of rotatable bonds is 11. The molecule has 0 nitrogen and oxygen atoms in total. The molecule has 64 heavy (non-hydrogen) atoms. The molecular formula is C60H57Cl2SiZr. The molecule has 2 unspecified atom stereocenters. The first-order valence-electron chi connectivity index (χ1n) is 23.3. The molecule has 8 aromatic rings. The van der Waals surface area contributed by atoms with Gasteiger partial charge in [-0.3, -0.25) is 0 Å². The van der Waals surface area contributed by atoms with Gasteiger partial charge in [0.15, 0.2) is 0 Å². The van der Waals surface area contributed by atoms with E-state index in [1.54, 1.807) is 0 Å². The molecule has 0 spiro atoms. The van der Waals surface area contributed by atoms with Crippen LogP contribution >= 0.6 is 17.0 Å². The number of halogens is 2. The van der Waals surface area contributed by atoms with Crippen LogP contribution in [0.15, 0.2) is 181 Å². The van der Waals surface area contributed by atoms with Crippen LogP contribution in [0.4, 0.5) is 0 Å². The van der Waals surface area contributed by atoms with Crippen LogP contribution in [-0.4, -0.2) is 5.92 Å². The van der Waals surface area contributed by atoms with E-state index < -0.39 is 21.5 Å². The van der Waals surface area contributed by atoms with Gasteiger partial charge in [0.1, 0.15) is 0 Å². The Kier molecular flexibility index (Phi) is 11.5. The van der Waals surface area contributed by atoms with Gasteiger partial charge in [0.2, 0.25) is 0 Å². The summed E-state index contributed by atoms with van der Waals surface area (Å²) in [5.74, 6) is -0.895. The van der Waals surface area contributed by atoms with E-state index in [0.29, 0.717) is 11.8 Å². The summed E-state index contributed by atoms with van der Waals surface area (Å²) < 4.78 is 0.0216. The van der Waals surface area contributed by atoms with Crippen molar-refractivity contribution in [3.63, 3.8) is 0 Å². The summed E-state index contributed by atoms with van der Waals surface area (Å²) in [6.07, 6.45) is 7.02. The molecule has 0 radical (unpaired) electrons. The monoisotopic (exact) mass is 965 g/mol. The van der Waals surface area contributed by atoms with E-state index >= 15 is 0 Å². The molecule has 0 fully saturated rings. The van der Waals surface area contributed by atoms with Crippen molar-refractivity contribution in [3.05, 3.63) is 203 Å². The Bertz CT molecular complexity index is 2950. The average Bonchev–Trinajstić information content (AvgIpc) is 3.87. The first-order chi connectivity index (χ1) is 30.9. The SMILES string of the molecule is CC(C)CC1=Cc2c(-c3ccccc3-c3cccc4ccccc34)cccc2[CH]1[Zr]([Cl])([Cl])([CH]1C(CC(C)C)=Cc2c(-c3ccccc3-c3cccc4ccccc34)cccc21)[SiH](C)C. The molecule has 8 aromatic carbocycles. The second-order valence-corrected chi connectivity index (χ2v) is 62.1. The molecule has 2 aliphatic rings. The molecule has 4 heteroatoms. The molecule has 2 atom stereocenters. The van der Waals surface area contributed by atoms with Gasteiger partial charge >= 0.3 is 393 Å². The summed E-state index contributed by atoms with van der Waals surface area (Å²) in [6, 6.07) is 62.9. The van der Waals surface area contributed by atoms with Crippen LogP contribution in [-0.2, 0) is 15.6 Å². The molecule has 0 saturated heterocycles. The van der Waals surface area contributed by atoms with Gasteiger partial charge in [0.25, 0.3) is 0 Å². The van der Waals surface area contributed by atoms with Crippen molar-refractivity contribution in [2.75, 3.05) is 0 Å². The van der Waals surface area contributed by atoms with E-state index in [2.05, 4.69) is 223 Å². The molecule has 0 aromatic heterocycles. The fraction of sp³-hybridized carbons (Fsp3) is 0.200. The third-order valence-corrected chi connectivity index (χ3v) is 66.2. The summed E-state index contributed by atoms with van der Waals surface area (Å²) >= 11 is -5.14. The Morgan fingerprint density at radius 2 is 0.719 bits per heavy atom. The predicted octanol–water partition coefficient (Wildman–Crippen LogP) is 18.3. The topological polar surface area (TPSA) is 0 Å². The van der Waals surface area contributed by atoms with Gasteiger partial charge < -0.3 is 0 Å². The minimum absolute atomic E-state index is 0.0108. The van der Waals surface area contributed by atoms with Crippen LogP contribution in [0.5, 0.6) is 0 Å². The van der Waals surface area contributed by atoms with Crippen molar-refractivity contribution in [1.82, 2.24) is 0 Å². The first-order valence-corrected chi connectivity index (χ1v) is 39.6. The zero-order valence-electron chi connectivity index (χ0n) is 37.9. The fourth-order valence-electron chi connectivity index (χ4n) is 11.7. The zero-order valence-corrected chi connectivity index (χ0v) is 43.0. The summed E-state index contributed by atoms with van der Waals surface area (Å²) in [5, 5.41) is 5.04. The van der Waals surface area contributed by atoms with Crippen molar-refractivity contribution in [3.8, 4) is 44.5 Å². The van der Waals surface area contributed by atoms with Crippen LogP contribution in [0.3, 0.4) is 0 Å². The van der Waals surface area contributed by atoms with Crippen LogP contribution in [0.25, 0.3) is 78.2 Å². The second kappa shape index (κ2) is 17.0. The average molecular weight is 968 g/mol. The third-order valence-electron chi connectivity index (χ3n) is 14.4. The maximum absolute atomic E-state index is 9.09. The van der Waals surface area contributed by atoms with E-state index in [1.165, 1.54) is 99.5 Å². The van der Waals surface area contributed by atoms with E-state index in [1.807, 2.05) is 0 Å². The van der Waals surface area contributed by atoms with Crippen LogP contribution in [0, 0.1) is 11.8 Å². The fourth-order valence-corrected chi connectivity index (χ4v) is 43.0. The standard InChI is InChI=1S/2C29H25.C2H7Si.2ClH.Zr/c2*1-20(2)17-21-18-23-11-8-16-28(29(23)19-21)27-14-6-5-13-26(27)25-15-7-10-22-9-3-4-12-24(22)25;1-3-2;;;/h2*3-16,18-20H,17H2,1-2H3;3H,1-2H3;2*1H;/q;;;;;+2/p-2. The predicted molar refractivity (Wildman–Crippen MR) is 281 cm³/mol. The van der Waals surface area contributed by atoms with Crippen molar-refractivity contribution >= 4 is 56.6 Å². The molecule has 10 rings (SSSR count). The van der Waals surface area contributed by atoms with Crippen molar-refractivity contribution in [2.24, 2.45) is 11.8 Å². The molecule has 0 N–H and O–H groups in total. The number of hydrogen-bond acceptors (Lipinski definition) is 0. The van der Waals surface area contributed by atoms with Crippen molar-refractivity contribution < 1.29 is 15.6 Å². The maximum atomic E-state index is 9.09. The zero-order chi connectivity index (χ0) is 44.4. The first kappa shape index (κ1) is 43.3. The number of hydrogen-bond donors (Lipinski definition) is 0. The number of allylic oxidation sites excluding steroid dienone is 2. The van der Waals surface area contributed by atoms with Gasteiger partial charge in [0.05, 0.1) is 0 Å². The Balaban J connectivity index is 1.18. The second-order valence-electron chi connectivity index (χ2n) is 19.6. The van der Waals surface area contributed by atoms with Gasteiger partial charge in [-0.25, -0.2) is 0 Å². The van der Waals surface area contributed by atoms with Crippen LogP contribution in [0.2, 0.25) is 13.1 Å². The number of benzene rings is 8. The van der Waals surface area contributed by atoms with E-state index in [0.717, 1.165) is 12.8 Å². The molecular weight excluding hydrogens is 911 g/mol. The van der Waals surface area contributed by atoms with Gasteiger partial charge in [-0.05, 0) is 0 Å². The molecule has 0 amide bonds. The normalized spacial score (nSPS) is 16.6. The summed E-state index contributed by atoms with van der Waals surface area (Å²) in [7, 11) is 18.2. The van der Waals surface area contributed by atoms with Gasteiger partial charge in [-0.1, -0.05) is 0 Å². The summed E-state index contributed by atoms with van der Waals surface area (Å²) in [4.78, 5) is 0. The Morgan fingerprint density at radius 1 is 0.406 bits per heavy atom. The van der Waals surface area contributed by atoms with E-state index in [9.17, 15) is 0 Å². The van der Waals surface area contributed by atoms with Gasteiger partial charge in [0, 0.05) is 0 Å². The molecule has 2 aliphatic carbocycles. The third kappa shape index (κ3) is 7.20. The van der Waals surface area contributed by atoms with Crippen molar-refractivity contribution in [1.29, 1.82) is 0 Å². The number of fused-ring (bicyclic) bond motifs is 4. The van der Waals surface area contributed by atoms with E-state index in [4.69, 9.17) is 17.0 Å². The molecule has 0 aliphatic heterocycles. The molecule has 0 heterocycles. The Hall–Kier alpha value is -4.56. The molecule has 319 valence electrons. The Morgan fingerprint density at radius 3 is 1.11 bits per heavy atom.